The third-order valence-corrected chi connectivity index (χ3v) is 4.74. The summed E-state index contributed by atoms with van der Waals surface area (Å²) >= 11 is 0. The van der Waals surface area contributed by atoms with E-state index in [-0.39, 0.29) is 5.91 Å². The van der Waals surface area contributed by atoms with Gasteiger partial charge in [0.1, 0.15) is 11.9 Å². The van der Waals surface area contributed by atoms with Crippen LogP contribution in [0.25, 0.3) is 0 Å². The Morgan fingerprint density at radius 1 is 1.45 bits per heavy atom. The van der Waals surface area contributed by atoms with Gasteiger partial charge in [0.15, 0.2) is 0 Å². The van der Waals surface area contributed by atoms with Crippen molar-refractivity contribution in [1.29, 1.82) is 5.26 Å². The first-order valence-electron chi connectivity index (χ1n) is 8.10. The van der Waals surface area contributed by atoms with Gasteiger partial charge in [-0.1, -0.05) is 33.3 Å². The SMILES string of the molecule is C=C(F)C1(C(N)C(=O)N(CC)[C@H](C#N)CC(C)C)CCCC1. The Labute approximate surface area is 133 Å². The van der Waals surface area contributed by atoms with Crippen molar-refractivity contribution < 1.29 is 9.18 Å². The molecule has 0 saturated heterocycles. The highest BCUT2D eigenvalue weighted by Gasteiger charge is 2.47. The molecule has 0 aromatic heterocycles. The van der Waals surface area contributed by atoms with Gasteiger partial charge in [0, 0.05) is 12.0 Å². The standard InChI is InChI=1S/C17H28FN3O/c1-5-21(14(11-19)10-12(2)3)16(22)15(20)17(13(4)18)8-6-7-9-17/h12,14-15H,4-10,20H2,1-3H3/t14-,15?/m0/s1. The molecule has 0 heterocycles. The predicted molar refractivity (Wildman–Crippen MR) is 85.4 cm³/mol. The minimum absolute atomic E-state index is 0.291. The number of nitriles is 1. The van der Waals surface area contributed by atoms with Crippen LogP contribution in [0.1, 0.15) is 52.9 Å². The summed E-state index contributed by atoms with van der Waals surface area (Å²) in [7, 11) is 0. The van der Waals surface area contributed by atoms with Crippen LogP contribution in [0.5, 0.6) is 0 Å². The predicted octanol–water partition coefficient (Wildman–Crippen LogP) is 3.14. The highest BCUT2D eigenvalue weighted by molar-refractivity contribution is 5.83. The van der Waals surface area contributed by atoms with Crippen LogP contribution in [0.4, 0.5) is 4.39 Å². The fraction of sp³-hybridized carbons (Fsp3) is 0.765. The summed E-state index contributed by atoms with van der Waals surface area (Å²) in [5.41, 5.74) is 5.20. The smallest absolute Gasteiger partial charge is 0.241 e. The van der Waals surface area contributed by atoms with Gasteiger partial charge >= 0.3 is 0 Å². The highest BCUT2D eigenvalue weighted by Crippen LogP contribution is 2.46. The van der Waals surface area contributed by atoms with E-state index in [1.807, 2.05) is 20.8 Å². The van der Waals surface area contributed by atoms with Crippen LogP contribution < -0.4 is 5.73 Å². The van der Waals surface area contributed by atoms with Crippen LogP contribution in [-0.2, 0) is 4.79 Å². The van der Waals surface area contributed by atoms with Gasteiger partial charge in [0.25, 0.3) is 0 Å². The van der Waals surface area contributed by atoms with Crippen molar-refractivity contribution in [2.24, 2.45) is 17.1 Å². The molecule has 1 amide bonds. The zero-order valence-electron chi connectivity index (χ0n) is 13.9. The summed E-state index contributed by atoms with van der Waals surface area (Å²) in [5, 5.41) is 9.37. The minimum atomic E-state index is -0.963. The van der Waals surface area contributed by atoms with E-state index in [9.17, 15) is 14.4 Å². The average molecular weight is 309 g/mol. The summed E-state index contributed by atoms with van der Waals surface area (Å²) in [6.07, 6.45) is 3.39. The summed E-state index contributed by atoms with van der Waals surface area (Å²) < 4.78 is 14.0. The maximum absolute atomic E-state index is 14.0. The summed E-state index contributed by atoms with van der Waals surface area (Å²) in [5.74, 6) is -0.547. The fourth-order valence-corrected chi connectivity index (χ4v) is 3.40. The highest BCUT2D eigenvalue weighted by atomic mass is 19.1. The molecule has 124 valence electrons. The number of hydrogen-bond acceptors (Lipinski definition) is 3. The van der Waals surface area contributed by atoms with Crippen molar-refractivity contribution in [2.75, 3.05) is 6.54 Å². The molecule has 1 aliphatic carbocycles. The molecule has 0 bridgehead atoms. The lowest BCUT2D eigenvalue weighted by Crippen LogP contribution is -2.55. The Bertz CT molecular complexity index is 449. The van der Waals surface area contributed by atoms with Crippen molar-refractivity contribution in [1.82, 2.24) is 4.90 Å². The van der Waals surface area contributed by atoms with E-state index in [0.29, 0.717) is 31.7 Å². The molecule has 1 unspecified atom stereocenters. The first-order chi connectivity index (χ1) is 10.3. The molecular weight excluding hydrogens is 281 g/mol. The van der Waals surface area contributed by atoms with E-state index >= 15 is 0 Å². The van der Waals surface area contributed by atoms with E-state index < -0.39 is 23.3 Å². The van der Waals surface area contributed by atoms with E-state index in [1.54, 1.807) is 0 Å². The van der Waals surface area contributed by atoms with Gasteiger partial charge in [-0.2, -0.15) is 5.26 Å². The lowest BCUT2D eigenvalue weighted by atomic mass is 9.77. The summed E-state index contributed by atoms with van der Waals surface area (Å²) in [4.78, 5) is 14.3. The largest absolute Gasteiger partial charge is 0.326 e. The van der Waals surface area contributed by atoms with Gasteiger partial charge in [-0.15, -0.1) is 0 Å². The van der Waals surface area contributed by atoms with Crippen LogP contribution in [0, 0.1) is 22.7 Å². The minimum Gasteiger partial charge on any atom is -0.326 e. The molecule has 1 fully saturated rings. The number of hydrogen-bond donors (Lipinski definition) is 1. The summed E-state index contributed by atoms with van der Waals surface area (Å²) in [6, 6.07) is 0.705. The van der Waals surface area contributed by atoms with E-state index in [0.717, 1.165) is 12.8 Å². The summed E-state index contributed by atoms with van der Waals surface area (Å²) in [6.45, 7) is 9.65. The lowest BCUT2D eigenvalue weighted by molar-refractivity contribution is -0.136. The van der Waals surface area contributed by atoms with Gasteiger partial charge in [-0.05, 0) is 32.1 Å². The zero-order valence-corrected chi connectivity index (χ0v) is 13.9. The molecule has 5 heteroatoms. The average Bonchev–Trinajstić information content (AvgIpc) is 2.96. The number of likely N-dealkylation sites (N-methyl/N-ethyl adjacent to an activating group) is 1. The quantitative estimate of drug-likeness (QED) is 0.785. The molecule has 2 atom stereocenters. The Hall–Kier alpha value is -1.41. The van der Waals surface area contributed by atoms with E-state index in [2.05, 4.69) is 12.6 Å². The molecular formula is C17H28FN3O. The zero-order chi connectivity index (χ0) is 16.9. The second-order valence-electron chi connectivity index (χ2n) is 6.64. The number of halogens is 1. The number of carbonyl (C=O) groups excluding carboxylic acids is 1. The van der Waals surface area contributed by atoms with E-state index in [4.69, 9.17) is 5.73 Å². The molecule has 0 aromatic carbocycles. The Morgan fingerprint density at radius 2 is 2.00 bits per heavy atom. The van der Waals surface area contributed by atoms with Crippen LogP contribution in [0.3, 0.4) is 0 Å². The molecule has 0 aromatic rings. The van der Waals surface area contributed by atoms with Crippen molar-refractivity contribution in [3.63, 3.8) is 0 Å². The lowest BCUT2D eigenvalue weighted by Gasteiger charge is -2.37. The van der Waals surface area contributed by atoms with Crippen molar-refractivity contribution in [3.05, 3.63) is 12.4 Å². The monoisotopic (exact) mass is 309 g/mol. The van der Waals surface area contributed by atoms with Crippen molar-refractivity contribution in [3.8, 4) is 6.07 Å². The Balaban J connectivity index is 2.99. The Morgan fingerprint density at radius 3 is 2.36 bits per heavy atom. The van der Waals surface area contributed by atoms with Crippen LogP contribution in [0.2, 0.25) is 0 Å². The van der Waals surface area contributed by atoms with Gasteiger partial charge in [-0.25, -0.2) is 4.39 Å². The van der Waals surface area contributed by atoms with Gasteiger partial charge in [0.05, 0.1) is 12.1 Å². The molecule has 0 radical (unpaired) electrons. The van der Waals surface area contributed by atoms with Crippen LogP contribution >= 0.6 is 0 Å². The molecule has 2 N–H and O–H groups in total. The second-order valence-corrected chi connectivity index (χ2v) is 6.64. The molecule has 22 heavy (non-hydrogen) atoms. The van der Waals surface area contributed by atoms with Crippen LogP contribution in [-0.4, -0.2) is 29.4 Å². The number of rotatable bonds is 7. The number of amides is 1. The second kappa shape index (κ2) is 7.73. The third-order valence-electron chi connectivity index (χ3n) is 4.74. The third kappa shape index (κ3) is 3.67. The maximum Gasteiger partial charge on any atom is 0.241 e. The normalized spacial score (nSPS) is 19.5. The van der Waals surface area contributed by atoms with Crippen molar-refractivity contribution in [2.45, 2.75) is 65.0 Å². The van der Waals surface area contributed by atoms with E-state index in [1.165, 1.54) is 4.90 Å². The molecule has 0 aliphatic heterocycles. The molecule has 1 aliphatic rings. The number of nitrogens with zero attached hydrogens (tertiary/aromatic N) is 2. The topological polar surface area (TPSA) is 70.1 Å². The number of carbonyl (C=O) groups is 1. The first kappa shape index (κ1) is 18.6. The molecule has 1 saturated carbocycles. The first-order valence-corrected chi connectivity index (χ1v) is 8.10. The fourth-order valence-electron chi connectivity index (χ4n) is 3.40. The molecule has 1 rings (SSSR count). The molecule has 4 nitrogen and oxygen atoms in total. The van der Waals surface area contributed by atoms with Gasteiger partial charge in [0.2, 0.25) is 5.91 Å². The Kier molecular flexibility index (Phi) is 6.55. The number of nitrogens with two attached hydrogens (primary N) is 1. The van der Waals surface area contributed by atoms with Crippen LogP contribution in [0.15, 0.2) is 12.4 Å². The molecule has 0 spiro atoms. The van der Waals surface area contributed by atoms with Crippen molar-refractivity contribution >= 4 is 5.91 Å². The maximum atomic E-state index is 14.0. The van der Waals surface area contributed by atoms with Gasteiger partial charge in [-0.3, -0.25) is 4.79 Å². The van der Waals surface area contributed by atoms with Gasteiger partial charge < -0.3 is 10.6 Å².